The lowest BCUT2D eigenvalue weighted by molar-refractivity contribution is 0.569. The topological polar surface area (TPSA) is 117 Å². The van der Waals surface area contributed by atoms with Crippen LogP contribution in [0.5, 0.6) is 0 Å². The molecule has 7 nitrogen and oxygen atoms in total. The van der Waals surface area contributed by atoms with E-state index in [4.69, 9.17) is 21.8 Å². The molecule has 0 unspecified atom stereocenters. The number of nitriles is 1. The van der Waals surface area contributed by atoms with Crippen molar-refractivity contribution in [2.24, 2.45) is 0 Å². The van der Waals surface area contributed by atoms with Gasteiger partial charge in [-0.2, -0.15) is 10.4 Å². The Balaban J connectivity index is 2.09. The number of hydrogen-bond acceptors (Lipinski definition) is 6. The minimum Gasteiger partial charge on any atom is -0.464 e. The van der Waals surface area contributed by atoms with Crippen LogP contribution in [0.4, 0.5) is 10.2 Å². The zero-order valence-corrected chi connectivity index (χ0v) is 13.2. The van der Waals surface area contributed by atoms with Crippen molar-refractivity contribution in [3.63, 3.8) is 0 Å². The minimum absolute atomic E-state index is 0.0350. The van der Waals surface area contributed by atoms with E-state index in [1.807, 2.05) is 6.07 Å². The number of halogens is 2. The molecule has 9 heteroatoms. The molecule has 0 aliphatic heterocycles. The number of fused-ring (bicyclic) bond motifs is 1. The van der Waals surface area contributed by atoms with E-state index in [2.05, 4.69) is 20.2 Å². The molecule has 4 rings (SSSR count). The predicted octanol–water partition coefficient (Wildman–Crippen LogP) is 3.53. The number of H-pyrrole nitrogens is 1. The van der Waals surface area contributed by atoms with E-state index in [-0.39, 0.29) is 28.4 Å². The summed E-state index contributed by atoms with van der Waals surface area (Å²) in [4.78, 5) is 8.12. The molecule has 0 fully saturated rings. The summed E-state index contributed by atoms with van der Waals surface area (Å²) in [5, 5.41) is 17.4. The first kappa shape index (κ1) is 15.1. The van der Waals surface area contributed by atoms with Crippen molar-refractivity contribution in [2.75, 3.05) is 5.73 Å². The van der Waals surface area contributed by atoms with Crippen molar-refractivity contribution in [2.45, 2.75) is 0 Å². The third kappa shape index (κ3) is 2.29. The van der Waals surface area contributed by atoms with Gasteiger partial charge in [-0.05, 0) is 18.2 Å². The quantitative estimate of drug-likeness (QED) is 0.568. The Bertz CT molecular complexity index is 1150. The number of rotatable bonds is 2. The maximum absolute atomic E-state index is 14.6. The second-order valence-electron chi connectivity index (χ2n) is 5.12. The molecule has 0 saturated carbocycles. The van der Waals surface area contributed by atoms with Crippen molar-refractivity contribution < 1.29 is 8.81 Å². The van der Waals surface area contributed by atoms with Gasteiger partial charge in [0.1, 0.15) is 17.5 Å². The van der Waals surface area contributed by atoms with Crippen LogP contribution in [0.1, 0.15) is 5.56 Å². The number of hydrogen-bond donors (Lipinski definition) is 2. The molecule has 0 radical (unpaired) electrons. The second-order valence-corrected chi connectivity index (χ2v) is 5.56. The van der Waals surface area contributed by atoms with Crippen molar-refractivity contribution in [1.29, 1.82) is 5.26 Å². The van der Waals surface area contributed by atoms with E-state index in [0.29, 0.717) is 21.7 Å². The summed E-state index contributed by atoms with van der Waals surface area (Å²) in [7, 11) is 0. The molecule has 0 aromatic carbocycles. The van der Waals surface area contributed by atoms with Crippen LogP contribution in [-0.4, -0.2) is 20.2 Å². The zero-order chi connectivity index (χ0) is 17.6. The molecule has 0 spiro atoms. The summed E-state index contributed by atoms with van der Waals surface area (Å²) < 4.78 is 19.8. The standard InChI is InChI=1S/C16H8ClFN6O/c17-7-4-8-14(23-24-16(8)21-6-7)13-9(5-19)11(10-2-1-3-25-10)12(18)15(20)22-13/h1-4,6H,(H2,20,22)(H,21,23,24). The van der Waals surface area contributed by atoms with E-state index in [1.165, 1.54) is 18.5 Å². The van der Waals surface area contributed by atoms with Gasteiger partial charge in [-0.1, -0.05) is 11.6 Å². The maximum Gasteiger partial charge on any atom is 0.181 e. The van der Waals surface area contributed by atoms with Gasteiger partial charge in [0.15, 0.2) is 17.3 Å². The van der Waals surface area contributed by atoms with Gasteiger partial charge in [0.2, 0.25) is 0 Å². The molecule has 3 N–H and O–H groups in total. The first-order valence-electron chi connectivity index (χ1n) is 7.03. The van der Waals surface area contributed by atoms with Gasteiger partial charge in [0.25, 0.3) is 0 Å². The minimum atomic E-state index is -0.824. The molecule has 0 aliphatic carbocycles. The summed E-state index contributed by atoms with van der Waals surface area (Å²) in [6.45, 7) is 0. The molecule has 4 aromatic rings. The summed E-state index contributed by atoms with van der Waals surface area (Å²) in [6, 6.07) is 6.71. The molecular formula is C16H8ClFN6O. The lowest BCUT2D eigenvalue weighted by atomic mass is 10.0. The van der Waals surface area contributed by atoms with Gasteiger partial charge in [-0.15, -0.1) is 0 Å². The number of nitrogens with one attached hydrogen (secondary N) is 1. The van der Waals surface area contributed by atoms with Gasteiger partial charge in [-0.3, -0.25) is 5.10 Å². The molecule has 0 atom stereocenters. The van der Waals surface area contributed by atoms with Crippen LogP contribution in [0.15, 0.2) is 35.1 Å². The Labute approximate surface area is 144 Å². The summed E-state index contributed by atoms with van der Waals surface area (Å²) in [5.74, 6) is -1.02. The molecule has 25 heavy (non-hydrogen) atoms. The molecule has 122 valence electrons. The number of pyridine rings is 2. The van der Waals surface area contributed by atoms with Crippen LogP contribution < -0.4 is 5.73 Å². The Morgan fingerprint density at radius 2 is 2.24 bits per heavy atom. The molecular weight excluding hydrogens is 347 g/mol. The third-order valence-electron chi connectivity index (χ3n) is 3.66. The molecule has 0 saturated heterocycles. The van der Waals surface area contributed by atoms with Crippen LogP contribution in [0, 0.1) is 17.1 Å². The van der Waals surface area contributed by atoms with Crippen molar-refractivity contribution >= 4 is 28.5 Å². The lowest BCUT2D eigenvalue weighted by Gasteiger charge is -2.09. The fraction of sp³-hybridized carbons (Fsp3) is 0. The average molecular weight is 355 g/mol. The first-order valence-corrected chi connectivity index (χ1v) is 7.41. The van der Waals surface area contributed by atoms with Gasteiger partial charge in [0.05, 0.1) is 28.1 Å². The van der Waals surface area contributed by atoms with Gasteiger partial charge < -0.3 is 10.2 Å². The molecule has 4 heterocycles. The van der Waals surface area contributed by atoms with Gasteiger partial charge in [-0.25, -0.2) is 14.4 Å². The summed E-state index contributed by atoms with van der Waals surface area (Å²) >= 11 is 5.99. The van der Waals surface area contributed by atoms with Crippen LogP contribution in [0.2, 0.25) is 5.02 Å². The molecule has 0 amide bonds. The Kier molecular flexibility index (Phi) is 3.37. The highest BCUT2D eigenvalue weighted by Crippen LogP contribution is 2.36. The lowest BCUT2D eigenvalue weighted by Crippen LogP contribution is -2.04. The number of anilines is 1. The highest BCUT2D eigenvalue weighted by atomic mass is 35.5. The van der Waals surface area contributed by atoms with Crippen LogP contribution >= 0.6 is 11.6 Å². The molecule has 0 aliphatic rings. The van der Waals surface area contributed by atoms with E-state index < -0.39 is 5.82 Å². The molecule has 4 aromatic heterocycles. The third-order valence-corrected chi connectivity index (χ3v) is 3.86. The highest BCUT2D eigenvalue weighted by molar-refractivity contribution is 6.31. The van der Waals surface area contributed by atoms with E-state index >= 15 is 0 Å². The number of aromatic nitrogens is 4. The van der Waals surface area contributed by atoms with Crippen LogP contribution in [0.25, 0.3) is 33.7 Å². The van der Waals surface area contributed by atoms with Crippen molar-refractivity contribution in [1.82, 2.24) is 20.2 Å². The monoisotopic (exact) mass is 354 g/mol. The smallest absolute Gasteiger partial charge is 0.181 e. The maximum atomic E-state index is 14.6. The van der Waals surface area contributed by atoms with Crippen LogP contribution in [-0.2, 0) is 0 Å². The number of nitrogens with two attached hydrogens (primary N) is 1. The Morgan fingerprint density at radius 1 is 1.40 bits per heavy atom. The number of aromatic amines is 1. The Hall–Kier alpha value is -3.44. The second kappa shape index (κ2) is 5.58. The largest absolute Gasteiger partial charge is 0.464 e. The van der Waals surface area contributed by atoms with Crippen molar-refractivity contribution in [3.8, 4) is 28.8 Å². The SMILES string of the molecule is N#Cc1c(-c2[nH]nc3ncc(Cl)cc23)nc(N)c(F)c1-c1ccco1. The van der Waals surface area contributed by atoms with Crippen molar-refractivity contribution in [3.05, 3.63) is 47.1 Å². The van der Waals surface area contributed by atoms with E-state index in [1.54, 1.807) is 12.1 Å². The first-order chi connectivity index (χ1) is 12.1. The number of nitrogen functional groups attached to an aromatic ring is 1. The Morgan fingerprint density at radius 3 is 2.96 bits per heavy atom. The van der Waals surface area contributed by atoms with E-state index in [9.17, 15) is 9.65 Å². The number of nitrogens with zero attached hydrogens (tertiary/aromatic N) is 4. The predicted molar refractivity (Wildman–Crippen MR) is 88.9 cm³/mol. The number of furan rings is 1. The van der Waals surface area contributed by atoms with E-state index in [0.717, 1.165) is 0 Å². The molecule has 0 bridgehead atoms. The summed E-state index contributed by atoms with van der Waals surface area (Å²) in [6.07, 6.45) is 2.82. The fourth-order valence-corrected chi connectivity index (χ4v) is 2.74. The van der Waals surface area contributed by atoms with Gasteiger partial charge >= 0.3 is 0 Å². The fourth-order valence-electron chi connectivity index (χ4n) is 2.58. The van der Waals surface area contributed by atoms with Gasteiger partial charge in [0, 0.05) is 11.6 Å². The zero-order valence-electron chi connectivity index (χ0n) is 12.4. The normalized spacial score (nSPS) is 10.9. The highest BCUT2D eigenvalue weighted by Gasteiger charge is 2.25. The summed E-state index contributed by atoms with van der Waals surface area (Å²) in [5.41, 5.74) is 6.50. The van der Waals surface area contributed by atoms with Crippen LogP contribution in [0.3, 0.4) is 0 Å². The average Bonchev–Trinajstić information content (AvgIpc) is 3.26.